The van der Waals surface area contributed by atoms with Gasteiger partial charge in [-0.3, -0.25) is 14.2 Å². The highest BCUT2D eigenvalue weighted by Crippen LogP contribution is 2.27. The van der Waals surface area contributed by atoms with E-state index in [1.165, 1.54) is 40.6 Å². The molecule has 2 aromatic heterocycles. The SMILES string of the molecule is CC(C)OCCCn1c(SCC(=O)Nc2ccc(F)cc2)nc2c(oc3ccccc32)c1=O. The van der Waals surface area contributed by atoms with E-state index in [4.69, 9.17) is 14.1 Å². The summed E-state index contributed by atoms with van der Waals surface area (Å²) in [7, 11) is 0. The third kappa shape index (κ3) is 5.43. The molecular formula is C24H24FN3O4S. The summed E-state index contributed by atoms with van der Waals surface area (Å²) in [6.45, 7) is 4.79. The smallest absolute Gasteiger partial charge is 0.297 e. The number of carbonyl (C=O) groups is 1. The molecule has 1 amide bonds. The summed E-state index contributed by atoms with van der Waals surface area (Å²) in [6.07, 6.45) is 0.711. The van der Waals surface area contributed by atoms with Crippen molar-refractivity contribution in [2.45, 2.75) is 38.1 Å². The average molecular weight is 470 g/mol. The molecule has 2 aromatic carbocycles. The van der Waals surface area contributed by atoms with Gasteiger partial charge in [-0.1, -0.05) is 23.9 Å². The Bertz CT molecular complexity index is 1330. The van der Waals surface area contributed by atoms with E-state index in [0.29, 0.717) is 41.5 Å². The van der Waals surface area contributed by atoms with Crippen LogP contribution in [0.15, 0.2) is 62.9 Å². The number of anilines is 1. The molecule has 33 heavy (non-hydrogen) atoms. The Kier molecular flexibility index (Phi) is 7.10. The molecule has 0 unspecified atom stereocenters. The second-order valence-corrected chi connectivity index (χ2v) is 8.69. The number of hydrogen-bond acceptors (Lipinski definition) is 6. The number of amides is 1. The Morgan fingerprint density at radius 3 is 2.73 bits per heavy atom. The zero-order valence-electron chi connectivity index (χ0n) is 18.3. The second kappa shape index (κ2) is 10.2. The highest BCUT2D eigenvalue weighted by molar-refractivity contribution is 7.99. The number of furan rings is 1. The summed E-state index contributed by atoms with van der Waals surface area (Å²) in [5.74, 6) is -0.626. The number of para-hydroxylation sites is 1. The maximum absolute atomic E-state index is 13.3. The van der Waals surface area contributed by atoms with Gasteiger partial charge in [0, 0.05) is 24.2 Å². The van der Waals surface area contributed by atoms with Gasteiger partial charge in [0.1, 0.15) is 16.9 Å². The summed E-state index contributed by atoms with van der Waals surface area (Å²) in [6, 6.07) is 12.9. The van der Waals surface area contributed by atoms with Crippen molar-refractivity contribution < 1.29 is 18.3 Å². The van der Waals surface area contributed by atoms with Crippen LogP contribution in [0.2, 0.25) is 0 Å². The number of nitrogens with zero attached hydrogens (tertiary/aromatic N) is 2. The van der Waals surface area contributed by atoms with Crippen molar-refractivity contribution in [1.82, 2.24) is 9.55 Å². The van der Waals surface area contributed by atoms with E-state index < -0.39 is 0 Å². The third-order valence-electron chi connectivity index (χ3n) is 4.88. The van der Waals surface area contributed by atoms with E-state index in [2.05, 4.69) is 5.32 Å². The molecule has 0 saturated heterocycles. The lowest BCUT2D eigenvalue weighted by atomic mass is 10.2. The number of thioether (sulfide) groups is 1. The minimum atomic E-state index is -0.377. The van der Waals surface area contributed by atoms with Crippen LogP contribution < -0.4 is 10.9 Å². The summed E-state index contributed by atoms with van der Waals surface area (Å²) < 4.78 is 26.0. The summed E-state index contributed by atoms with van der Waals surface area (Å²) >= 11 is 1.17. The van der Waals surface area contributed by atoms with Crippen molar-refractivity contribution in [3.05, 3.63) is 64.7 Å². The zero-order valence-corrected chi connectivity index (χ0v) is 19.2. The molecule has 4 rings (SSSR count). The van der Waals surface area contributed by atoms with Crippen LogP contribution in [0.4, 0.5) is 10.1 Å². The molecule has 0 atom stereocenters. The number of aromatic nitrogens is 2. The van der Waals surface area contributed by atoms with Gasteiger partial charge >= 0.3 is 0 Å². The number of nitrogens with one attached hydrogen (secondary N) is 1. The van der Waals surface area contributed by atoms with Crippen molar-refractivity contribution >= 4 is 45.4 Å². The summed E-state index contributed by atoms with van der Waals surface area (Å²) in [5.41, 5.74) is 1.47. The lowest BCUT2D eigenvalue weighted by Gasteiger charge is -2.13. The average Bonchev–Trinajstić information content (AvgIpc) is 3.17. The summed E-state index contributed by atoms with van der Waals surface area (Å²) in [4.78, 5) is 30.4. The predicted octanol–water partition coefficient (Wildman–Crippen LogP) is 4.83. The number of ether oxygens (including phenoxy) is 1. The zero-order chi connectivity index (χ0) is 23.4. The molecular weight excluding hydrogens is 445 g/mol. The molecule has 0 spiro atoms. The standard InChI is InChI=1S/C24H24FN3O4S/c1-15(2)31-13-5-12-28-23(30)22-21(18-6-3-4-7-19(18)32-22)27-24(28)33-14-20(29)26-17-10-8-16(25)9-11-17/h3-4,6-11,15H,5,12-14H2,1-2H3,(H,26,29). The molecule has 9 heteroatoms. The molecule has 0 aliphatic heterocycles. The molecule has 1 N–H and O–H groups in total. The molecule has 0 radical (unpaired) electrons. The molecule has 2 heterocycles. The van der Waals surface area contributed by atoms with Crippen LogP contribution in [0.5, 0.6) is 0 Å². The number of benzene rings is 2. The van der Waals surface area contributed by atoms with Crippen LogP contribution in [0.1, 0.15) is 20.3 Å². The molecule has 172 valence electrons. The van der Waals surface area contributed by atoms with Gasteiger partial charge in [0.05, 0.1) is 11.9 Å². The molecule has 0 aliphatic carbocycles. The fourth-order valence-corrected chi connectivity index (χ4v) is 4.18. The van der Waals surface area contributed by atoms with Crippen LogP contribution in [-0.2, 0) is 16.1 Å². The monoisotopic (exact) mass is 469 g/mol. The van der Waals surface area contributed by atoms with Crippen LogP contribution >= 0.6 is 11.8 Å². The molecule has 0 saturated carbocycles. The second-order valence-electron chi connectivity index (χ2n) is 7.74. The quantitative estimate of drug-likeness (QED) is 0.215. The van der Waals surface area contributed by atoms with Crippen molar-refractivity contribution in [3.63, 3.8) is 0 Å². The van der Waals surface area contributed by atoms with E-state index in [9.17, 15) is 14.0 Å². The van der Waals surface area contributed by atoms with Crippen LogP contribution in [0.3, 0.4) is 0 Å². The number of carbonyl (C=O) groups excluding carboxylic acids is 1. The van der Waals surface area contributed by atoms with Crippen LogP contribution in [-0.4, -0.2) is 33.9 Å². The van der Waals surface area contributed by atoms with Crippen LogP contribution in [0.25, 0.3) is 22.1 Å². The molecule has 0 aliphatic rings. The first-order valence-corrected chi connectivity index (χ1v) is 11.6. The lowest BCUT2D eigenvalue weighted by Crippen LogP contribution is -2.24. The third-order valence-corrected chi connectivity index (χ3v) is 5.86. The van der Waals surface area contributed by atoms with Crippen molar-refractivity contribution in [3.8, 4) is 0 Å². The van der Waals surface area contributed by atoms with E-state index >= 15 is 0 Å². The fraction of sp³-hybridized carbons (Fsp3) is 0.292. The number of fused-ring (bicyclic) bond motifs is 3. The largest absolute Gasteiger partial charge is 0.448 e. The van der Waals surface area contributed by atoms with Gasteiger partial charge in [0.2, 0.25) is 11.5 Å². The number of halogens is 1. The Balaban J connectivity index is 1.60. The highest BCUT2D eigenvalue weighted by Gasteiger charge is 2.18. The maximum Gasteiger partial charge on any atom is 0.297 e. The first kappa shape index (κ1) is 23.0. The highest BCUT2D eigenvalue weighted by atomic mass is 32.2. The molecule has 4 aromatic rings. The van der Waals surface area contributed by atoms with Gasteiger partial charge in [-0.05, 0) is 56.7 Å². The van der Waals surface area contributed by atoms with Crippen molar-refractivity contribution in [2.75, 3.05) is 17.7 Å². The van der Waals surface area contributed by atoms with Gasteiger partial charge < -0.3 is 14.5 Å². The van der Waals surface area contributed by atoms with E-state index in [-0.39, 0.29) is 34.7 Å². The summed E-state index contributed by atoms with van der Waals surface area (Å²) in [5, 5.41) is 3.90. The van der Waals surface area contributed by atoms with E-state index in [1.54, 1.807) is 6.07 Å². The Hall–Kier alpha value is -3.17. The minimum Gasteiger partial charge on any atom is -0.448 e. The number of rotatable bonds is 9. The normalized spacial score (nSPS) is 11.5. The van der Waals surface area contributed by atoms with Gasteiger partial charge in [0.25, 0.3) is 5.56 Å². The van der Waals surface area contributed by atoms with Gasteiger partial charge in [0.15, 0.2) is 5.16 Å². The van der Waals surface area contributed by atoms with Gasteiger partial charge in [-0.15, -0.1) is 0 Å². The number of hydrogen-bond donors (Lipinski definition) is 1. The topological polar surface area (TPSA) is 86.4 Å². The van der Waals surface area contributed by atoms with Crippen molar-refractivity contribution in [1.29, 1.82) is 0 Å². The van der Waals surface area contributed by atoms with E-state index in [1.807, 2.05) is 32.0 Å². The first-order valence-electron chi connectivity index (χ1n) is 10.6. The minimum absolute atomic E-state index is 0.0353. The predicted molar refractivity (Wildman–Crippen MR) is 127 cm³/mol. The lowest BCUT2D eigenvalue weighted by molar-refractivity contribution is -0.113. The van der Waals surface area contributed by atoms with Gasteiger partial charge in [-0.25, -0.2) is 9.37 Å². The van der Waals surface area contributed by atoms with Gasteiger partial charge in [-0.2, -0.15) is 0 Å². The molecule has 7 nitrogen and oxygen atoms in total. The molecule has 0 bridgehead atoms. The molecule has 0 fully saturated rings. The van der Waals surface area contributed by atoms with E-state index in [0.717, 1.165) is 5.39 Å². The maximum atomic E-state index is 13.3. The Morgan fingerprint density at radius 2 is 1.97 bits per heavy atom. The fourth-order valence-electron chi connectivity index (χ4n) is 3.36. The Morgan fingerprint density at radius 1 is 1.21 bits per heavy atom. The first-order chi connectivity index (χ1) is 15.9. The Labute approximate surface area is 193 Å². The van der Waals surface area contributed by atoms with Crippen molar-refractivity contribution in [2.24, 2.45) is 0 Å². The van der Waals surface area contributed by atoms with Crippen LogP contribution in [0, 0.1) is 5.82 Å².